The zero-order chi connectivity index (χ0) is 17.1. The van der Waals surface area contributed by atoms with E-state index >= 15 is 0 Å². The molecular formula is C16H29NO4Si. The number of ether oxygens (including phenoxy) is 1. The molecule has 0 aromatic rings. The van der Waals surface area contributed by atoms with Gasteiger partial charge in [-0.05, 0) is 30.1 Å². The van der Waals surface area contributed by atoms with E-state index in [9.17, 15) is 9.59 Å². The van der Waals surface area contributed by atoms with E-state index in [0.29, 0.717) is 12.8 Å². The summed E-state index contributed by atoms with van der Waals surface area (Å²) in [6, 6.07) is -0.0929. The first-order chi connectivity index (χ1) is 9.92. The highest BCUT2D eigenvalue weighted by Crippen LogP contribution is 2.38. The van der Waals surface area contributed by atoms with Crippen molar-refractivity contribution < 1.29 is 18.8 Å². The molecule has 1 saturated heterocycles. The molecule has 22 heavy (non-hydrogen) atoms. The number of nitrogens with one attached hydrogen (secondary N) is 1. The Hall–Kier alpha value is -1.14. The van der Waals surface area contributed by atoms with Gasteiger partial charge in [-0.3, -0.25) is 9.59 Å². The second kappa shape index (κ2) is 6.96. The van der Waals surface area contributed by atoms with Gasteiger partial charge in [-0.15, -0.1) is 0 Å². The van der Waals surface area contributed by atoms with Crippen molar-refractivity contribution in [3.63, 3.8) is 0 Å². The lowest BCUT2D eigenvalue weighted by Gasteiger charge is -2.39. The molecule has 6 heteroatoms. The molecule has 1 rings (SSSR count). The van der Waals surface area contributed by atoms with Crippen molar-refractivity contribution in [2.24, 2.45) is 0 Å². The van der Waals surface area contributed by atoms with Gasteiger partial charge in [0, 0.05) is 6.92 Å². The van der Waals surface area contributed by atoms with E-state index in [1.54, 1.807) is 0 Å². The molecule has 1 fully saturated rings. The molecular weight excluding hydrogens is 298 g/mol. The third kappa shape index (κ3) is 5.25. The second-order valence-corrected chi connectivity index (χ2v) is 12.3. The quantitative estimate of drug-likeness (QED) is 0.463. The summed E-state index contributed by atoms with van der Waals surface area (Å²) < 4.78 is 11.3. The predicted molar refractivity (Wildman–Crippen MR) is 89.0 cm³/mol. The van der Waals surface area contributed by atoms with Crippen molar-refractivity contribution in [2.45, 2.75) is 70.8 Å². The van der Waals surface area contributed by atoms with Crippen LogP contribution in [0.15, 0.2) is 12.2 Å². The van der Waals surface area contributed by atoms with E-state index < -0.39 is 8.32 Å². The van der Waals surface area contributed by atoms with Crippen molar-refractivity contribution in [1.29, 1.82) is 0 Å². The molecule has 0 saturated carbocycles. The monoisotopic (exact) mass is 327 g/mol. The first kappa shape index (κ1) is 18.9. The van der Waals surface area contributed by atoms with Crippen molar-refractivity contribution in [1.82, 2.24) is 5.32 Å². The number of carbonyl (C=O) groups is 2. The molecule has 126 valence electrons. The van der Waals surface area contributed by atoms with Crippen LogP contribution in [-0.2, 0) is 18.8 Å². The number of rotatable bonds is 6. The fourth-order valence-corrected chi connectivity index (χ4v) is 3.48. The van der Waals surface area contributed by atoms with Crippen LogP contribution in [0.25, 0.3) is 0 Å². The van der Waals surface area contributed by atoms with Crippen molar-refractivity contribution in [2.75, 3.05) is 6.61 Å². The molecule has 1 heterocycles. The fourth-order valence-electron chi connectivity index (χ4n) is 2.12. The van der Waals surface area contributed by atoms with Gasteiger partial charge in [0.25, 0.3) is 0 Å². The van der Waals surface area contributed by atoms with Crippen LogP contribution in [0.5, 0.6) is 0 Å². The van der Waals surface area contributed by atoms with Gasteiger partial charge >= 0.3 is 5.97 Å². The molecule has 1 amide bonds. The molecule has 1 aliphatic heterocycles. The zero-order valence-electron chi connectivity index (χ0n) is 14.6. The van der Waals surface area contributed by atoms with Crippen molar-refractivity contribution in [3.8, 4) is 0 Å². The molecule has 0 aromatic heterocycles. The minimum atomic E-state index is -1.94. The molecule has 0 aromatic carbocycles. The SMILES string of the molecule is C=C(COC(C)=O)C[C@@H]1NC(=O)C[C@@H]1O[Si](C)(C)C(C)(C)C. The second-order valence-electron chi connectivity index (χ2n) is 7.53. The van der Waals surface area contributed by atoms with Gasteiger partial charge in [0.2, 0.25) is 5.91 Å². The molecule has 0 spiro atoms. The van der Waals surface area contributed by atoms with Gasteiger partial charge in [0.1, 0.15) is 6.61 Å². The van der Waals surface area contributed by atoms with E-state index in [1.807, 2.05) is 0 Å². The van der Waals surface area contributed by atoms with E-state index in [2.05, 4.69) is 45.8 Å². The average molecular weight is 327 g/mol. The summed E-state index contributed by atoms with van der Waals surface area (Å²) >= 11 is 0. The molecule has 0 unspecified atom stereocenters. The fraction of sp³-hybridized carbons (Fsp3) is 0.750. The molecule has 0 aliphatic carbocycles. The summed E-state index contributed by atoms with van der Waals surface area (Å²) in [5, 5.41) is 3.05. The molecule has 1 aliphatic rings. The van der Waals surface area contributed by atoms with E-state index in [4.69, 9.17) is 9.16 Å². The van der Waals surface area contributed by atoms with Crippen LogP contribution in [0.2, 0.25) is 18.1 Å². The Kier molecular flexibility index (Phi) is 5.98. The van der Waals surface area contributed by atoms with Crippen LogP contribution in [0.1, 0.15) is 40.5 Å². The minimum Gasteiger partial charge on any atom is -0.461 e. The van der Waals surface area contributed by atoms with Gasteiger partial charge in [0.05, 0.1) is 18.6 Å². The van der Waals surface area contributed by atoms with Crippen molar-refractivity contribution >= 4 is 20.2 Å². The van der Waals surface area contributed by atoms with E-state index in [1.165, 1.54) is 6.92 Å². The largest absolute Gasteiger partial charge is 0.461 e. The van der Waals surface area contributed by atoms with Gasteiger partial charge in [-0.1, -0.05) is 27.4 Å². The van der Waals surface area contributed by atoms with Crippen LogP contribution < -0.4 is 5.32 Å². The maximum absolute atomic E-state index is 11.8. The van der Waals surface area contributed by atoms with Crippen LogP contribution in [-0.4, -0.2) is 38.9 Å². The number of carbonyl (C=O) groups excluding carboxylic acids is 2. The number of hydrogen-bond donors (Lipinski definition) is 1. The normalized spacial score (nSPS) is 22.4. The maximum Gasteiger partial charge on any atom is 0.302 e. The Morgan fingerprint density at radius 3 is 2.50 bits per heavy atom. The highest BCUT2D eigenvalue weighted by Gasteiger charge is 2.43. The van der Waals surface area contributed by atoms with Gasteiger partial charge in [-0.25, -0.2) is 0 Å². The third-order valence-electron chi connectivity index (χ3n) is 4.42. The Bertz CT molecular complexity index is 454. The van der Waals surface area contributed by atoms with Crippen LogP contribution in [0.3, 0.4) is 0 Å². The smallest absolute Gasteiger partial charge is 0.302 e. The first-order valence-corrected chi connectivity index (χ1v) is 10.6. The summed E-state index contributed by atoms with van der Waals surface area (Å²) in [7, 11) is -1.94. The highest BCUT2D eigenvalue weighted by molar-refractivity contribution is 6.74. The summed E-state index contributed by atoms with van der Waals surface area (Å²) in [5.74, 6) is -0.320. The lowest BCUT2D eigenvalue weighted by Crippen LogP contribution is -2.47. The average Bonchev–Trinajstić information content (AvgIpc) is 2.64. The van der Waals surface area contributed by atoms with Crippen molar-refractivity contribution in [3.05, 3.63) is 12.2 Å². The molecule has 0 bridgehead atoms. The van der Waals surface area contributed by atoms with Crippen LogP contribution in [0.4, 0.5) is 0 Å². The summed E-state index contributed by atoms with van der Waals surface area (Å²) in [6.07, 6.45) is 0.818. The summed E-state index contributed by atoms with van der Waals surface area (Å²) in [6.45, 7) is 16.4. The highest BCUT2D eigenvalue weighted by atomic mass is 28.4. The first-order valence-electron chi connectivity index (χ1n) is 7.69. The van der Waals surface area contributed by atoms with Gasteiger partial charge in [0.15, 0.2) is 8.32 Å². The number of esters is 1. The molecule has 1 N–H and O–H groups in total. The van der Waals surface area contributed by atoms with Crippen LogP contribution in [0, 0.1) is 0 Å². The lowest BCUT2D eigenvalue weighted by atomic mass is 10.0. The minimum absolute atomic E-state index is 0.00833. The zero-order valence-corrected chi connectivity index (χ0v) is 15.6. The standard InChI is InChI=1S/C16H29NO4Si/c1-11(10-20-12(2)18)8-13-14(9-15(19)17-13)21-22(6,7)16(3,4)5/h13-14H,1,8-10H2,2-7H3,(H,17,19)/t13-,14-/m0/s1. The Morgan fingerprint density at radius 1 is 1.41 bits per heavy atom. The number of hydrogen-bond acceptors (Lipinski definition) is 4. The third-order valence-corrected chi connectivity index (χ3v) is 8.93. The Morgan fingerprint density at radius 2 is 2.00 bits per heavy atom. The topological polar surface area (TPSA) is 64.6 Å². The maximum atomic E-state index is 11.8. The molecule has 2 atom stereocenters. The Balaban J connectivity index is 2.67. The summed E-state index contributed by atoms with van der Waals surface area (Å²) in [4.78, 5) is 22.6. The van der Waals surface area contributed by atoms with E-state index in [-0.39, 0.29) is 35.7 Å². The van der Waals surface area contributed by atoms with Gasteiger partial charge < -0.3 is 14.5 Å². The summed E-state index contributed by atoms with van der Waals surface area (Å²) in [5.41, 5.74) is 0.784. The van der Waals surface area contributed by atoms with Crippen LogP contribution >= 0.6 is 0 Å². The molecule has 0 radical (unpaired) electrons. The molecule has 5 nitrogen and oxygen atoms in total. The number of amides is 1. The van der Waals surface area contributed by atoms with E-state index in [0.717, 1.165) is 5.57 Å². The Labute approximate surface area is 134 Å². The lowest BCUT2D eigenvalue weighted by molar-refractivity contribution is -0.140. The van der Waals surface area contributed by atoms with Gasteiger partial charge in [-0.2, -0.15) is 0 Å². The predicted octanol–water partition coefficient (Wildman–Crippen LogP) is 2.77.